The molecule has 0 aromatic carbocycles. The number of hydrogen-bond acceptors (Lipinski definition) is 4. The number of nitrogens with zero attached hydrogens (tertiary/aromatic N) is 1. The van der Waals surface area contributed by atoms with Crippen molar-refractivity contribution in [2.45, 2.75) is 0 Å². The van der Waals surface area contributed by atoms with Gasteiger partial charge in [-0.25, -0.2) is 9.78 Å². The second kappa shape index (κ2) is 4.35. The molecule has 5 nitrogen and oxygen atoms in total. The molecule has 0 saturated carbocycles. The Morgan fingerprint density at radius 1 is 1.88 bits per heavy atom. The summed E-state index contributed by atoms with van der Waals surface area (Å²) in [5.74, 6) is -0.0214. The largest absolute Gasteiger partial charge is 0.409 e. The lowest BCUT2D eigenvalue weighted by atomic mass is 10.7. The summed E-state index contributed by atoms with van der Waals surface area (Å²) in [5, 5.41) is 10.5. The molecule has 0 atom stereocenters. The molecule has 0 aliphatic carbocycles. The Labute approximate surface area is 46.6 Å². The van der Waals surface area contributed by atoms with Crippen molar-refractivity contribution in [3.8, 4) is 0 Å². The molecule has 5 heteroatoms. The lowest BCUT2D eigenvalue weighted by Crippen LogP contribution is -2.18. The third-order valence-electron chi connectivity index (χ3n) is 0.453. The topological polar surface area (TPSA) is 77.1 Å². The Bertz CT molecular complexity index is 82.6. The maximum Gasteiger partial charge on any atom is 0.168 e. The van der Waals surface area contributed by atoms with Gasteiger partial charge in [-0.05, 0) is 0 Å². The third-order valence-corrected chi connectivity index (χ3v) is 0.453. The second-order valence-electron chi connectivity index (χ2n) is 1.02. The van der Waals surface area contributed by atoms with Crippen LogP contribution in [0.15, 0.2) is 5.16 Å². The zero-order valence-corrected chi connectivity index (χ0v) is 4.50. The molecular weight excluding hydrogens is 112 g/mol. The molecule has 0 saturated heterocycles. The lowest BCUT2D eigenvalue weighted by molar-refractivity contribution is -0.259. The van der Waals surface area contributed by atoms with Crippen LogP contribution in [0.4, 0.5) is 0 Å². The standard InChI is InChI=1S/C3H8N2O3/c1-7-8-2-3(4)5-6/h6H,2H2,1H3,(H2,4,5). The minimum Gasteiger partial charge on any atom is -0.409 e. The van der Waals surface area contributed by atoms with E-state index in [0.717, 1.165) is 0 Å². The van der Waals surface area contributed by atoms with E-state index in [0.29, 0.717) is 0 Å². The minimum absolute atomic E-state index is 0.0208. The van der Waals surface area contributed by atoms with Gasteiger partial charge in [-0.15, -0.1) is 0 Å². The Morgan fingerprint density at radius 2 is 2.50 bits per heavy atom. The van der Waals surface area contributed by atoms with Crippen LogP contribution in [0.3, 0.4) is 0 Å². The van der Waals surface area contributed by atoms with E-state index in [4.69, 9.17) is 10.9 Å². The first-order valence-electron chi connectivity index (χ1n) is 1.93. The third kappa shape index (κ3) is 3.38. The Hall–Kier alpha value is -0.810. The quantitative estimate of drug-likeness (QED) is 0.170. The van der Waals surface area contributed by atoms with E-state index in [1.807, 2.05) is 0 Å². The highest BCUT2D eigenvalue weighted by atomic mass is 17.2. The number of nitrogens with two attached hydrogens (primary N) is 1. The van der Waals surface area contributed by atoms with Gasteiger partial charge >= 0.3 is 0 Å². The van der Waals surface area contributed by atoms with E-state index in [-0.39, 0.29) is 12.4 Å². The molecule has 0 bridgehead atoms. The predicted octanol–water partition coefficient (Wildman–Crippen LogP) is -0.689. The van der Waals surface area contributed by atoms with Crippen molar-refractivity contribution in [3.63, 3.8) is 0 Å². The first-order chi connectivity index (χ1) is 3.81. The van der Waals surface area contributed by atoms with Gasteiger partial charge < -0.3 is 10.9 Å². The summed E-state index contributed by atoms with van der Waals surface area (Å²) in [6.45, 7) is -0.0208. The molecule has 0 aromatic heterocycles. The van der Waals surface area contributed by atoms with Crippen LogP contribution >= 0.6 is 0 Å². The van der Waals surface area contributed by atoms with Gasteiger partial charge in [-0.1, -0.05) is 5.16 Å². The van der Waals surface area contributed by atoms with Gasteiger partial charge in [0.05, 0.1) is 7.11 Å². The Balaban J connectivity index is 3.12. The minimum atomic E-state index is -0.0214. The summed E-state index contributed by atoms with van der Waals surface area (Å²) >= 11 is 0. The summed E-state index contributed by atoms with van der Waals surface area (Å²) in [6, 6.07) is 0. The number of amidine groups is 1. The van der Waals surface area contributed by atoms with Crippen molar-refractivity contribution < 1.29 is 15.0 Å². The van der Waals surface area contributed by atoms with Gasteiger partial charge in [0, 0.05) is 0 Å². The molecule has 0 aromatic rings. The SMILES string of the molecule is COOCC(N)=NO. The fraction of sp³-hybridized carbons (Fsp3) is 0.667. The van der Waals surface area contributed by atoms with Gasteiger partial charge in [0.1, 0.15) is 6.61 Å². The summed E-state index contributed by atoms with van der Waals surface area (Å²) in [7, 11) is 1.34. The van der Waals surface area contributed by atoms with Crippen LogP contribution in [0.1, 0.15) is 0 Å². The molecule has 0 aliphatic heterocycles. The lowest BCUT2D eigenvalue weighted by Gasteiger charge is -1.94. The normalized spacial score (nSPS) is 11.9. The highest BCUT2D eigenvalue weighted by Gasteiger charge is 1.89. The van der Waals surface area contributed by atoms with Gasteiger partial charge in [-0.2, -0.15) is 0 Å². The van der Waals surface area contributed by atoms with Crippen LogP contribution < -0.4 is 5.73 Å². The van der Waals surface area contributed by atoms with E-state index in [1.54, 1.807) is 0 Å². The average molecular weight is 120 g/mol. The average Bonchev–Trinajstić information content (AvgIpc) is 1.83. The summed E-state index contributed by atoms with van der Waals surface area (Å²) < 4.78 is 0. The maximum atomic E-state index is 7.89. The zero-order valence-electron chi connectivity index (χ0n) is 4.50. The summed E-state index contributed by atoms with van der Waals surface area (Å²) in [6.07, 6.45) is 0. The van der Waals surface area contributed by atoms with Gasteiger partial charge in [-0.3, -0.25) is 0 Å². The van der Waals surface area contributed by atoms with Crippen molar-refractivity contribution in [3.05, 3.63) is 0 Å². The second-order valence-corrected chi connectivity index (χ2v) is 1.02. The van der Waals surface area contributed by atoms with E-state index in [9.17, 15) is 0 Å². The highest BCUT2D eigenvalue weighted by molar-refractivity contribution is 5.80. The van der Waals surface area contributed by atoms with Crippen LogP contribution in [0.5, 0.6) is 0 Å². The molecule has 8 heavy (non-hydrogen) atoms. The van der Waals surface area contributed by atoms with Crippen molar-refractivity contribution in [1.82, 2.24) is 0 Å². The molecule has 0 aliphatic rings. The van der Waals surface area contributed by atoms with Crippen LogP contribution in [0, 0.1) is 0 Å². The van der Waals surface area contributed by atoms with Gasteiger partial charge in [0.2, 0.25) is 0 Å². The summed E-state index contributed by atoms with van der Waals surface area (Å²) in [5.41, 5.74) is 4.95. The molecule has 3 N–H and O–H groups in total. The van der Waals surface area contributed by atoms with Crippen LogP contribution in [-0.2, 0) is 9.78 Å². The highest BCUT2D eigenvalue weighted by Crippen LogP contribution is 1.71. The first kappa shape index (κ1) is 7.19. The zero-order chi connectivity index (χ0) is 6.41. The van der Waals surface area contributed by atoms with E-state index >= 15 is 0 Å². The van der Waals surface area contributed by atoms with E-state index in [1.165, 1.54) is 7.11 Å². The monoisotopic (exact) mass is 120 g/mol. The molecule has 0 spiro atoms. The smallest absolute Gasteiger partial charge is 0.168 e. The maximum absolute atomic E-state index is 7.89. The molecule has 0 radical (unpaired) electrons. The van der Waals surface area contributed by atoms with Crippen molar-refractivity contribution in [2.24, 2.45) is 10.9 Å². The number of rotatable bonds is 3. The molecule has 0 amide bonds. The molecule has 48 valence electrons. The molecule has 0 heterocycles. The van der Waals surface area contributed by atoms with Crippen molar-refractivity contribution >= 4 is 5.84 Å². The fourth-order valence-electron chi connectivity index (χ4n) is 0.148. The van der Waals surface area contributed by atoms with Gasteiger partial charge in [0.15, 0.2) is 5.84 Å². The van der Waals surface area contributed by atoms with E-state index < -0.39 is 0 Å². The molecule has 0 unspecified atom stereocenters. The Kier molecular flexibility index (Phi) is 3.91. The van der Waals surface area contributed by atoms with E-state index in [2.05, 4.69) is 14.9 Å². The molecular formula is C3H8N2O3. The van der Waals surface area contributed by atoms with Crippen molar-refractivity contribution in [1.29, 1.82) is 0 Å². The van der Waals surface area contributed by atoms with Crippen molar-refractivity contribution in [2.75, 3.05) is 13.7 Å². The Morgan fingerprint density at radius 3 is 2.88 bits per heavy atom. The molecule has 0 fully saturated rings. The van der Waals surface area contributed by atoms with Gasteiger partial charge in [0.25, 0.3) is 0 Å². The fourth-order valence-corrected chi connectivity index (χ4v) is 0.148. The number of hydrogen-bond donors (Lipinski definition) is 2. The van der Waals surface area contributed by atoms with Crippen LogP contribution in [0.2, 0.25) is 0 Å². The summed E-state index contributed by atoms with van der Waals surface area (Å²) in [4.78, 5) is 8.41. The number of oxime groups is 1. The van der Waals surface area contributed by atoms with Crippen LogP contribution in [0.25, 0.3) is 0 Å². The predicted molar refractivity (Wildman–Crippen MR) is 26.4 cm³/mol. The molecule has 0 rings (SSSR count). The van der Waals surface area contributed by atoms with Crippen LogP contribution in [-0.4, -0.2) is 24.8 Å². The first-order valence-corrected chi connectivity index (χ1v) is 1.93.